The topological polar surface area (TPSA) is 118 Å². The average molecular weight is 473 g/mol. The average Bonchev–Trinajstić information content (AvgIpc) is 2.85. The number of carbonyl (C=O) groups is 1. The highest BCUT2D eigenvalue weighted by Gasteiger charge is 2.09. The third-order valence-electron chi connectivity index (χ3n) is 5.51. The minimum atomic E-state index is -0.427. The minimum Gasteiger partial charge on any atom is -0.494 e. The summed E-state index contributed by atoms with van der Waals surface area (Å²) in [5, 5.41) is 0.492. The van der Waals surface area contributed by atoms with Crippen LogP contribution in [0, 0.1) is 0 Å². The summed E-state index contributed by atoms with van der Waals surface area (Å²) in [4.78, 5) is 24.7. The lowest BCUT2D eigenvalue weighted by molar-refractivity contribution is 0.0497. The van der Waals surface area contributed by atoms with Gasteiger partial charge in [0, 0.05) is 23.0 Å². The van der Waals surface area contributed by atoms with E-state index in [1.165, 1.54) is 6.07 Å². The molecule has 4 rings (SSSR count). The van der Waals surface area contributed by atoms with Crippen LogP contribution in [0.5, 0.6) is 5.75 Å². The van der Waals surface area contributed by atoms with Crippen LogP contribution in [0.1, 0.15) is 36.0 Å². The smallest absolute Gasteiger partial charge is 0.338 e. The number of esters is 1. The molecule has 0 fully saturated rings. The van der Waals surface area contributed by atoms with Crippen LogP contribution in [0.25, 0.3) is 22.3 Å². The Kier molecular flexibility index (Phi) is 7.67. The third kappa shape index (κ3) is 6.41. The Bertz CT molecular complexity index is 1340. The fourth-order valence-electron chi connectivity index (χ4n) is 3.76. The normalized spacial score (nSPS) is 10.9. The Hall–Kier alpha value is -4.26. The van der Waals surface area contributed by atoms with Gasteiger partial charge in [-0.3, -0.25) is 4.79 Å². The van der Waals surface area contributed by atoms with Crippen molar-refractivity contribution in [2.75, 3.05) is 24.7 Å². The van der Waals surface area contributed by atoms with Gasteiger partial charge in [-0.05, 0) is 62.1 Å². The molecule has 0 aliphatic carbocycles. The number of ether oxygens (including phenoxy) is 2. The van der Waals surface area contributed by atoms with Gasteiger partial charge in [0.25, 0.3) is 0 Å². The van der Waals surface area contributed by atoms with Gasteiger partial charge in [-0.2, -0.15) is 0 Å². The number of hydrogen-bond acceptors (Lipinski definition) is 7. The van der Waals surface area contributed by atoms with Crippen molar-refractivity contribution in [3.63, 3.8) is 0 Å². The summed E-state index contributed by atoms with van der Waals surface area (Å²) in [6, 6.07) is 21.0. The predicted molar refractivity (Wildman–Crippen MR) is 137 cm³/mol. The molecule has 0 unspecified atom stereocenters. The van der Waals surface area contributed by atoms with E-state index in [0.717, 1.165) is 31.2 Å². The summed E-state index contributed by atoms with van der Waals surface area (Å²) in [6.07, 6.45) is 3.43. The maximum atomic E-state index is 12.6. The van der Waals surface area contributed by atoms with Crippen molar-refractivity contribution in [1.82, 2.24) is 0 Å². The molecule has 180 valence electrons. The summed E-state index contributed by atoms with van der Waals surface area (Å²) in [5.41, 5.74) is 13.9. The van der Waals surface area contributed by atoms with Crippen LogP contribution in [-0.2, 0) is 4.74 Å². The summed E-state index contributed by atoms with van der Waals surface area (Å²) in [6.45, 7) is 0.862. The second-order valence-corrected chi connectivity index (χ2v) is 8.29. The fourth-order valence-corrected chi connectivity index (χ4v) is 3.76. The Balaban J connectivity index is 1.19. The van der Waals surface area contributed by atoms with Crippen LogP contribution >= 0.6 is 0 Å². The number of rotatable bonds is 10. The standard InChI is InChI=1S/C28H28N2O5/c29-21-14-20(15-22(30)16-21)28(32)34-13-7-2-1-6-12-33-23-10-11-26-24(17-23)25(31)18-27(35-26)19-8-4-3-5-9-19/h3-5,8-11,14-18H,1-2,6-7,12-13,29-30H2. The zero-order valence-corrected chi connectivity index (χ0v) is 19.4. The van der Waals surface area contributed by atoms with E-state index in [1.807, 2.05) is 36.4 Å². The molecule has 0 radical (unpaired) electrons. The summed E-state index contributed by atoms with van der Waals surface area (Å²) in [5.74, 6) is 0.746. The first kappa shape index (κ1) is 23.9. The second kappa shape index (κ2) is 11.2. The highest BCUT2D eigenvalue weighted by molar-refractivity contribution is 5.91. The fraction of sp³-hybridized carbons (Fsp3) is 0.214. The Morgan fingerprint density at radius 2 is 1.51 bits per heavy atom. The second-order valence-electron chi connectivity index (χ2n) is 8.29. The number of hydrogen-bond donors (Lipinski definition) is 2. The van der Waals surface area contributed by atoms with E-state index in [4.69, 9.17) is 25.4 Å². The van der Waals surface area contributed by atoms with Gasteiger partial charge in [-0.15, -0.1) is 0 Å². The van der Waals surface area contributed by atoms with Crippen molar-refractivity contribution in [3.05, 3.63) is 88.6 Å². The number of fused-ring (bicyclic) bond motifs is 1. The van der Waals surface area contributed by atoms with E-state index < -0.39 is 5.97 Å². The number of nitrogen functional groups attached to an aromatic ring is 2. The number of unbranched alkanes of at least 4 members (excludes halogenated alkanes) is 3. The molecule has 7 heteroatoms. The van der Waals surface area contributed by atoms with Gasteiger partial charge < -0.3 is 25.4 Å². The van der Waals surface area contributed by atoms with Gasteiger partial charge in [-0.25, -0.2) is 4.79 Å². The molecule has 1 aromatic heterocycles. The molecule has 0 amide bonds. The zero-order chi connectivity index (χ0) is 24.6. The van der Waals surface area contributed by atoms with Crippen LogP contribution in [0.15, 0.2) is 82.0 Å². The van der Waals surface area contributed by atoms with Gasteiger partial charge in [0.2, 0.25) is 0 Å². The van der Waals surface area contributed by atoms with Crippen molar-refractivity contribution >= 4 is 28.3 Å². The molecule has 0 spiro atoms. The minimum absolute atomic E-state index is 0.106. The first-order chi connectivity index (χ1) is 17.0. The van der Waals surface area contributed by atoms with Crippen LogP contribution in [0.2, 0.25) is 0 Å². The first-order valence-corrected chi connectivity index (χ1v) is 11.6. The Labute approximate surface area is 203 Å². The molecule has 3 aromatic carbocycles. The van der Waals surface area contributed by atoms with Crippen LogP contribution in [0.4, 0.5) is 11.4 Å². The molecular weight excluding hydrogens is 444 g/mol. The SMILES string of the molecule is Nc1cc(N)cc(C(=O)OCCCCCCOc2ccc3oc(-c4ccccc4)cc(=O)c3c2)c1. The number of carbonyl (C=O) groups excluding carboxylic acids is 1. The van der Waals surface area contributed by atoms with Crippen molar-refractivity contribution in [1.29, 1.82) is 0 Å². The van der Waals surface area contributed by atoms with E-state index in [2.05, 4.69) is 0 Å². The quantitative estimate of drug-likeness (QED) is 0.180. The summed E-state index contributed by atoms with van der Waals surface area (Å²) in [7, 11) is 0. The van der Waals surface area contributed by atoms with E-state index in [9.17, 15) is 9.59 Å². The Morgan fingerprint density at radius 3 is 2.26 bits per heavy atom. The van der Waals surface area contributed by atoms with Gasteiger partial charge >= 0.3 is 5.97 Å². The van der Waals surface area contributed by atoms with Gasteiger partial charge in [0.15, 0.2) is 5.43 Å². The van der Waals surface area contributed by atoms with E-state index in [-0.39, 0.29) is 5.43 Å². The molecule has 35 heavy (non-hydrogen) atoms. The summed E-state index contributed by atoms with van der Waals surface area (Å²) < 4.78 is 17.0. The molecule has 1 heterocycles. The molecule has 4 N–H and O–H groups in total. The van der Waals surface area contributed by atoms with Crippen LogP contribution < -0.4 is 21.6 Å². The first-order valence-electron chi connectivity index (χ1n) is 11.6. The highest BCUT2D eigenvalue weighted by atomic mass is 16.5. The Morgan fingerprint density at radius 1 is 0.800 bits per heavy atom. The lowest BCUT2D eigenvalue weighted by Gasteiger charge is -2.08. The van der Waals surface area contributed by atoms with Crippen molar-refractivity contribution in [2.45, 2.75) is 25.7 Å². The van der Waals surface area contributed by atoms with Crippen molar-refractivity contribution in [2.24, 2.45) is 0 Å². The largest absolute Gasteiger partial charge is 0.494 e. The number of anilines is 2. The lowest BCUT2D eigenvalue weighted by Crippen LogP contribution is -2.08. The highest BCUT2D eigenvalue weighted by Crippen LogP contribution is 2.24. The molecule has 0 bridgehead atoms. The summed E-state index contributed by atoms with van der Waals surface area (Å²) >= 11 is 0. The van der Waals surface area contributed by atoms with Gasteiger partial charge in [0.1, 0.15) is 17.1 Å². The molecule has 0 aliphatic rings. The number of benzene rings is 3. The monoisotopic (exact) mass is 472 g/mol. The molecule has 7 nitrogen and oxygen atoms in total. The van der Waals surface area contributed by atoms with Crippen LogP contribution in [0.3, 0.4) is 0 Å². The number of nitrogens with two attached hydrogens (primary N) is 2. The van der Waals surface area contributed by atoms with E-state index >= 15 is 0 Å². The molecule has 0 saturated carbocycles. The molecule has 4 aromatic rings. The predicted octanol–water partition coefficient (Wildman–Crippen LogP) is 5.42. The molecule has 0 aliphatic heterocycles. The maximum Gasteiger partial charge on any atom is 0.338 e. The zero-order valence-electron chi connectivity index (χ0n) is 19.4. The lowest BCUT2D eigenvalue weighted by atomic mass is 10.1. The molecule has 0 atom stereocenters. The van der Waals surface area contributed by atoms with Crippen molar-refractivity contribution in [3.8, 4) is 17.1 Å². The molecular formula is C28H28N2O5. The van der Waals surface area contributed by atoms with E-state index in [1.54, 1.807) is 30.3 Å². The van der Waals surface area contributed by atoms with E-state index in [0.29, 0.717) is 52.6 Å². The third-order valence-corrected chi connectivity index (χ3v) is 5.51. The van der Waals surface area contributed by atoms with Crippen LogP contribution in [-0.4, -0.2) is 19.2 Å². The molecule has 0 saturated heterocycles. The van der Waals surface area contributed by atoms with Gasteiger partial charge in [0.05, 0.1) is 24.2 Å². The van der Waals surface area contributed by atoms with Gasteiger partial charge in [-0.1, -0.05) is 30.3 Å². The van der Waals surface area contributed by atoms with Crippen molar-refractivity contribution < 1.29 is 18.7 Å². The maximum absolute atomic E-state index is 12.6.